The van der Waals surface area contributed by atoms with Crippen molar-refractivity contribution in [2.75, 3.05) is 6.54 Å². The Morgan fingerprint density at radius 1 is 1.14 bits per heavy atom. The normalized spacial score (nSPS) is 11.0. The highest BCUT2D eigenvalue weighted by Crippen LogP contribution is 2.09. The fourth-order valence-corrected chi connectivity index (χ4v) is 3.26. The van der Waals surface area contributed by atoms with Crippen LogP contribution >= 0.6 is 0 Å². The predicted molar refractivity (Wildman–Crippen MR) is 106 cm³/mol. The number of carbonyl (C=O) groups is 1. The molecule has 8 nitrogen and oxygen atoms in total. The zero-order valence-electron chi connectivity index (χ0n) is 16.5. The molecule has 0 saturated carbocycles. The summed E-state index contributed by atoms with van der Waals surface area (Å²) in [5.41, 5.74) is 3.96. The molecular formula is C20H26N6O2. The molecule has 0 bridgehead atoms. The van der Waals surface area contributed by atoms with Crippen molar-refractivity contribution in [1.29, 1.82) is 0 Å². The Balaban J connectivity index is 1.55. The SMILES string of the molecule is Cc1n[nH]c(C)c1CCNC(=O)Cn1nc(C)n(CCc2ccccc2)c1=O. The van der Waals surface area contributed by atoms with Gasteiger partial charge in [-0.25, -0.2) is 9.48 Å². The lowest BCUT2D eigenvalue weighted by Crippen LogP contribution is -2.34. The minimum Gasteiger partial charge on any atom is -0.354 e. The Hall–Kier alpha value is -3.16. The van der Waals surface area contributed by atoms with E-state index in [1.807, 2.05) is 44.2 Å². The van der Waals surface area contributed by atoms with Crippen LogP contribution in [-0.2, 0) is 30.7 Å². The van der Waals surface area contributed by atoms with Gasteiger partial charge in [-0.3, -0.25) is 14.5 Å². The van der Waals surface area contributed by atoms with Gasteiger partial charge in [0.1, 0.15) is 12.4 Å². The van der Waals surface area contributed by atoms with Crippen molar-refractivity contribution in [3.05, 3.63) is 69.2 Å². The fraction of sp³-hybridized carbons (Fsp3) is 0.400. The number of nitrogens with zero attached hydrogens (tertiary/aromatic N) is 4. The first-order valence-electron chi connectivity index (χ1n) is 9.41. The van der Waals surface area contributed by atoms with E-state index < -0.39 is 0 Å². The maximum Gasteiger partial charge on any atom is 0.346 e. The summed E-state index contributed by atoms with van der Waals surface area (Å²) in [6.45, 7) is 6.62. The van der Waals surface area contributed by atoms with Crippen LogP contribution < -0.4 is 11.0 Å². The second-order valence-electron chi connectivity index (χ2n) is 6.89. The lowest BCUT2D eigenvalue weighted by atomic mass is 10.1. The van der Waals surface area contributed by atoms with Gasteiger partial charge in [0.15, 0.2) is 0 Å². The van der Waals surface area contributed by atoms with Gasteiger partial charge < -0.3 is 5.32 Å². The highest BCUT2D eigenvalue weighted by atomic mass is 16.2. The molecule has 0 aliphatic carbocycles. The number of aromatic amines is 1. The lowest BCUT2D eigenvalue weighted by Gasteiger charge is -2.05. The minimum absolute atomic E-state index is 0.0820. The van der Waals surface area contributed by atoms with Crippen LogP contribution in [0.25, 0.3) is 0 Å². The molecule has 0 saturated heterocycles. The molecule has 0 radical (unpaired) electrons. The number of hydrogen-bond donors (Lipinski definition) is 2. The van der Waals surface area contributed by atoms with Crippen LogP contribution in [0, 0.1) is 20.8 Å². The van der Waals surface area contributed by atoms with Gasteiger partial charge in [0.05, 0.1) is 5.69 Å². The Bertz CT molecular complexity index is 980. The van der Waals surface area contributed by atoms with Gasteiger partial charge in [-0.15, -0.1) is 0 Å². The Morgan fingerprint density at radius 2 is 1.89 bits per heavy atom. The molecule has 0 aliphatic heterocycles. The monoisotopic (exact) mass is 382 g/mol. The van der Waals surface area contributed by atoms with Crippen LogP contribution in [0.1, 0.15) is 28.3 Å². The number of aromatic nitrogens is 5. The van der Waals surface area contributed by atoms with Gasteiger partial charge in [0.2, 0.25) is 5.91 Å². The van der Waals surface area contributed by atoms with Gasteiger partial charge in [-0.05, 0) is 44.7 Å². The van der Waals surface area contributed by atoms with Crippen LogP contribution in [0.5, 0.6) is 0 Å². The number of amides is 1. The molecule has 148 valence electrons. The maximum absolute atomic E-state index is 12.6. The van der Waals surface area contributed by atoms with E-state index in [2.05, 4.69) is 20.6 Å². The van der Waals surface area contributed by atoms with Crippen molar-refractivity contribution in [3.8, 4) is 0 Å². The first kappa shape index (κ1) is 19.6. The number of aryl methyl sites for hydroxylation is 4. The summed E-state index contributed by atoms with van der Waals surface area (Å²) in [4.78, 5) is 24.8. The topological polar surface area (TPSA) is 97.6 Å². The van der Waals surface area contributed by atoms with Crippen LogP contribution in [0.2, 0.25) is 0 Å². The van der Waals surface area contributed by atoms with Crippen molar-refractivity contribution >= 4 is 5.91 Å². The smallest absolute Gasteiger partial charge is 0.346 e. The fourth-order valence-electron chi connectivity index (χ4n) is 3.26. The van der Waals surface area contributed by atoms with Crippen molar-refractivity contribution < 1.29 is 4.79 Å². The van der Waals surface area contributed by atoms with E-state index in [0.717, 1.165) is 28.9 Å². The Labute approximate surface area is 163 Å². The molecule has 3 aromatic rings. The molecule has 0 unspecified atom stereocenters. The summed E-state index contributed by atoms with van der Waals surface area (Å²) in [5, 5.41) is 14.2. The highest BCUT2D eigenvalue weighted by Gasteiger charge is 2.13. The third-order valence-corrected chi connectivity index (χ3v) is 4.85. The number of rotatable bonds is 8. The van der Waals surface area contributed by atoms with Gasteiger partial charge in [-0.1, -0.05) is 30.3 Å². The van der Waals surface area contributed by atoms with Gasteiger partial charge >= 0.3 is 5.69 Å². The molecule has 1 aromatic carbocycles. The summed E-state index contributed by atoms with van der Waals surface area (Å²) in [7, 11) is 0. The maximum atomic E-state index is 12.6. The average molecular weight is 382 g/mol. The molecule has 1 amide bonds. The van der Waals surface area contributed by atoms with Crippen LogP contribution in [0.15, 0.2) is 35.1 Å². The van der Waals surface area contributed by atoms with E-state index in [-0.39, 0.29) is 18.1 Å². The third kappa shape index (κ3) is 4.57. The molecule has 2 heterocycles. The van der Waals surface area contributed by atoms with E-state index in [0.29, 0.717) is 25.3 Å². The van der Waals surface area contributed by atoms with Gasteiger partial charge in [0, 0.05) is 18.8 Å². The summed E-state index contributed by atoms with van der Waals surface area (Å²) in [5.74, 6) is 0.381. The molecule has 8 heteroatoms. The molecule has 0 atom stereocenters. The van der Waals surface area contributed by atoms with Crippen LogP contribution in [0.4, 0.5) is 0 Å². The lowest BCUT2D eigenvalue weighted by molar-refractivity contribution is -0.121. The summed E-state index contributed by atoms with van der Waals surface area (Å²) >= 11 is 0. The van der Waals surface area contributed by atoms with Crippen molar-refractivity contribution in [1.82, 2.24) is 29.9 Å². The van der Waals surface area contributed by atoms with E-state index in [1.54, 1.807) is 11.5 Å². The van der Waals surface area contributed by atoms with Crippen LogP contribution in [-0.4, -0.2) is 37.0 Å². The molecule has 2 aromatic heterocycles. The molecule has 0 aliphatic rings. The molecule has 2 N–H and O–H groups in total. The average Bonchev–Trinajstić information content (AvgIpc) is 3.13. The first-order valence-corrected chi connectivity index (χ1v) is 9.41. The molecule has 28 heavy (non-hydrogen) atoms. The minimum atomic E-state index is -0.259. The third-order valence-electron chi connectivity index (χ3n) is 4.85. The molecule has 0 spiro atoms. The van der Waals surface area contributed by atoms with Gasteiger partial charge in [0.25, 0.3) is 0 Å². The number of H-pyrrole nitrogens is 1. The predicted octanol–water partition coefficient (Wildman–Crippen LogP) is 1.29. The second kappa shape index (κ2) is 8.69. The molecule has 3 rings (SSSR count). The van der Waals surface area contributed by atoms with E-state index in [4.69, 9.17) is 0 Å². The molecular weight excluding hydrogens is 356 g/mol. The Morgan fingerprint density at radius 3 is 2.57 bits per heavy atom. The van der Waals surface area contributed by atoms with Crippen LogP contribution in [0.3, 0.4) is 0 Å². The number of benzene rings is 1. The number of carbonyl (C=O) groups excluding carboxylic acids is 1. The zero-order valence-corrected chi connectivity index (χ0v) is 16.5. The molecule has 0 fully saturated rings. The quantitative estimate of drug-likeness (QED) is 0.613. The Kier molecular flexibility index (Phi) is 6.08. The largest absolute Gasteiger partial charge is 0.354 e. The van der Waals surface area contributed by atoms with E-state index in [1.165, 1.54) is 4.68 Å². The van der Waals surface area contributed by atoms with E-state index >= 15 is 0 Å². The highest BCUT2D eigenvalue weighted by molar-refractivity contribution is 5.75. The number of nitrogens with one attached hydrogen (secondary N) is 2. The summed E-state index contributed by atoms with van der Waals surface area (Å²) in [6.07, 6.45) is 1.43. The summed E-state index contributed by atoms with van der Waals surface area (Å²) in [6, 6.07) is 9.98. The second-order valence-corrected chi connectivity index (χ2v) is 6.89. The van der Waals surface area contributed by atoms with E-state index in [9.17, 15) is 9.59 Å². The zero-order chi connectivity index (χ0) is 20.1. The van der Waals surface area contributed by atoms with Crippen molar-refractivity contribution in [2.45, 2.75) is 46.7 Å². The first-order chi connectivity index (χ1) is 13.5. The number of hydrogen-bond acceptors (Lipinski definition) is 4. The van der Waals surface area contributed by atoms with Crippen molar-refractivity contribution in [3.63, 3.8) is 0 Å². The summed E-state index contributed by atoms with van der Waals surface area (Å²) < 4.78 is 2.84. The van der Waals surface area contributed by atoms with Gasteiger partial charge in [-0.2, -0.15) is 10.2 Å². The standard InChI is InChI=1S/C20H26N6O2/c1-14-18(15(2)23-22-14)9-11-21-19(27)13-26-20(28)25(16(3)24-26)12-10-17-7-5-4-6-8-17/h4-8H,9-13H2,1-3H3,(H,21,27)(H,22,23). The van der Waals surface area contributed by atoms with Crippen molar-refractivity contribution in [2.24, 2.45) is 0 Å².